The van der Waals surface area contributed by atoms with E-state index in [4.69, 9.17) is 0 Å². The van der Waals surface area contributed by atoms with Crippen LogP contribution in [-0.4, -0.2) is 24.9 Å². The van der Waals surface area contributed by atoms with Crippen LogP contribution in [0.5, 0.6) is 0 Å². The number of benzene rings is 2. The summed E-state index contributed by atoms with van der Waals surface area (Å²) in [5.41, 5.74) is 0.382. The highest BCUT2D eigenvalue weighted by atomic mass is 16.5. The minimum Gasteiger partial charge on any atom is -0.465 e. The summed E-state index contributed by atoms with van der Waals surface area (Å²) in [5.74, 6) is -1.36. The van der Waals surface area contributed by atoms with E-state index in [1.54, 1.807) is 32.0 Å². The predicted molar refractivity (Wildman–Crippen MR) is 103 cm³/mol. The Morgan fingerprint density at radius 3 is 2.26 bits per heavy atom. The molecule has 2 aromatic carbocycles. The third kappa shape index (κ3) is 4.94. The van der Waals surface area contributed by atoms with E-state index in [9.17, 15) is 14.4 Å². The van der Waals surface area contributed by atoms with Gasteiger partial charge in [0.05, 0.1) is 18.7 Å². The molecule has 6 heteroatoms. The molecule has 1 atom stereocenters. The summed E-state index contributed by atoms with van der Waals surface area (Å²) in [6, 6.07) is 15.6. The number of methoxy groups -OCH3 is 1. The molecule has 0 fully saturated rings. The monoisotopic (exact) mass is 368 g/mol. The Hall–Kier alpha value is -3.15. The molecule has 2 rings (SSSR count). The van der Waals surface area contributed by atoms with E-state index in [1.807, 2.05) is 37.3 Å². The Kier molecular flexibility index (Phi) is 6.34. The normalized spacial score (nSPS) is 12.0. The van der Waals surface area contributed by atoms with Crippen molar-refractivity contribution in [2.24, 2.45) is 5.41 Å². The summed E-state index contributed by atoms with van der Waals surface area (Å²) in [5, 5.41) is 5.56. The van der Waals surface area contributed by atoms with Crippen molar-refractivity contribution in [2.45, 2.75) is 26.8 Å². The summed E-state index contributed by atoms with van der Waals surface area (Å²) >= 11 is 0. The van der Waals surface area contributed by atoms with Crippen LogP contribution in [0.15, 0.2) is 54.6 Å². The fourth-order valence-electron chi connectivity index (χ4n) is 2.43. The molecule has 0 aliphatic heterocycles. The Labute approximate surface area is 158 Å². The lowest BCUT2D eigenvalue weighted by Gasteiger charge is -2.25. The SMILES string of the molecule is COC(=O)c1cccc(NC(=O)C(C)(C)C(=O)NC(C)c2ccccc2)c1. The van der Waals surface area contributed by atoms with Crippen LogP contribution in [0.2, 0.25) is 0 Å². The van der Waals surface area contributed by atoms with E-state index in [0.29, 0.717) is 11.3 Å². The number of carbonyl (C=O) groups is 3. The first-order chi connectivity index (χ1) is 12.8. The van der Waals surface area contributed by atoms with Gasteiger partial charge in [0.1, 0.15) is 5.41 Å². The maximum atomic E-state index is 12.7. The Balaban J connectivity index is 2.08. The maximum Gasteiger partial charge on any atom is 0.337 e. The molecule has 1 unspecified atom stereocenters. The number of hydrogen-bond acceptors (Lipinski definition) is 4. The highest BCUT2D eigenvalue weighted by Gasteiger charge is 2.36. The quantitative estimate of drug-likeness (QED) is 0.605. The molecule has 2 N–H and O–H groups in total. The largest absolute Gasteiger partial charge is 0.465 e. The number of esters is 1. The summed E-state index contributed by atoms with van der Waals surface area (Å²) in [4.78, 5) is 36.9. The van der Waals surface area contributed by atoms with E-state index in [1.165, 1.54) is 13.2 Å². The molecule has 0 saturated heterocycles. The number of hydrogen-bond donors (Lipinski definition) is 2. The van der Waals surface area contributed by atoms with Gasteiger partial charge in [-0.15, -0.1) is 0 Å². The lowest BCUT2D eigenvalue weighted by atomic mass is 9.90. The Morgan fingerprint density at radius 2 is 1.63 bits per heavy atom. The molecular weight excluding hydrogens is 344 g/mol. The number of anilines is 1. The van der Waals surface area contributed by atoms with Crippen LogP contribution < -0.4 is 10.6 Å². The van der Waals surface area contributed by atoms with Crippen LogP contribution in [0.4, 0.5) is 5.69 Å². The number of amides is 2. The average molecular weight is 368 g/mol. The molecule has 0 aromatic heterocycles. The number of rotatable bonds is 6. The van der Waals surface area contributed by atoms with Gasteiger partial charge in [0.15, 0.2) is 0 Å². The standard InChI is InChI=1S/C21H24N2O4/c1-14(15-9-6-5-7-10-15)22-19(25)21(2,3)20(26)23-17-12-8-11-16(13-17)18(24)27-4/h5-14H,1-4H3,(H,22,25)(H,23,26). The first-order valence-electron chi connectivity index (χ1n) is 8.61. The van der Waals surface area contributed by atoms with E-state index in [-0.39, 0.29) is 11.9 Å². The summed E-state index contributed by atoms with van der Waals surface area (Å²) in [6.45, 7) is 4.97. The van der Waals surface area contributed by atoms with Gasteiger partial charge >= 0.3 is 5.97 Å². The summed E-state index contributed by atoms with van der Waals surface area (Å²) in [6.07, 6.45) is 0. The van der Waals surface area contributed by atoms with Crippen molar-refractivity contribution in [1.29, 1.82) is 0 Å². The van der Waals surface area contributed by atoms with Crippen LogP contribution in [0.25, 0.3) is 0 Å². The predicted octanol–water partition coefficient (Wildman–Crippen LogP) is 3.32. The first-order valence-corrected chi connectivity index (χ1v) is 8.61. The van der Waals surface area contributed by atoms with E-state index < -0.39 is 17.3 Å². The topological polar surface area (TPSA) is 84.5 Å². The molecular formula is C21H24N2O4. The summed E-state index contributed by atoms with van der Waals surface area (Å²) in [7, 11) is 1.29. The van der Waals surface area contributed by atoms with Crippen molar-refractivity contribution in [3.63, 3.8) is 0 Å². The molecule has 142 valence electrons. The molecule has 0 aliphatic rings. The lowest BCUT2D eigenvalue weighted by molar-refractivity contribution is -0.138. The number of nitrogens with one attached hydrogen (secondary N) is 2. The Morgan fingerprint density at radius 1 is 0.963 bits per heavy atom. The van der Waals surface area contributed by atoms with Gasteiger partial charge in [-0.3, -0.25) is 9.59 Å². The van der Waals surface area contributed by atoms with Crippen LogP contribution in [-0.2, 0) is 14.3 Å². The van der Waals surface area contributed by atoms with Crippen molar-refractivity contribution >= 4 is 23.5 Å². The third-order valence-electron chi connectivity index (χ3n) is 4.32. The van der Waals surface area contributed by atoms with Crippen molar-refractivity contribution in [3.05, 3.63) is 65.7 Å². The van der Waals surface area contributed by atoms with Gasteiger partial charge in [0.2, 0.25) is 11.8 Å². The minimum absolute atomic E-state index is 0.228. The van der Waals surface area contributed by atoms with Crippen molar-refractivity contribution in [1.82, 2.24) is 5.32 Å². The van der Waals surface area contributed by atoms with Crippen molar-refractivity contribution in [2.75, 3.05) is 12.4 Å². The molecule has 0 bridgehead atoms. The van der Waals surface area contributed by atoms with Gasteiger partial charge in [-0.1, -0.05) is 36.4 Å². The van der Waals surface area contributed by atoms with Gasteiger partial charge in [0.25, 0.3) is 0 Å². The van der Waals surface area contributed by atoms with Gasteiger partial charge in [-0.05, 0) is 44.5 Å². The molecule has 2 aromatic rings. The summed E-state index contributed by atoms with van der Waals surface area (Å²) < 4.78 is 4.67. The zero-order chi connectivity index (χ0) is 20.0. The Bertz CT molecular complexity index is 831. The molecule has 27 heavy (non-hydrogen) atoms. The van der Waals surface area contributed by atoms with Gasteiger partial charge < -0.3 is 15.4 Å². The molecule has 0 saturated carbocycles. The highest BCUT2D eigenvalue weighted by Crippen LogP contribution is 2.22. The van der Waals surface area contributed by atoms with Gasteiger partial charge in [0, 0.05) is 5.69 Å². The van der Waals surface area contributed by atoms with Crippen molar-refractivity contribution in [3.8, 4) is 0 Å². The van der Waals surface area contributed by atoms with Crippen LogP contribution >= 0.6 is 0 Å². The first kappa shape index (κ1) is 20.2. The number of carbonyl (C=O) groups excluding carboxylic acids is 3. The third-order valence-corrected chi connectivity index (χ3v) is 4.32. The van der Waals surface area contributed by atoms with Crippen LogP contribution in [0.1, 0.15) is 42.7 Å². The van der Waals surface area contributed by atoms with Gasteiger partial charge in [-0.2, -0.15) is 0 Å². The minimum atomic E-state index is -1.30. The molecule has 0 radical (unpaired) electrons. The molecule has 0 aliphatic carbocycles. The second-order valence-electron chi connectivity index (χ2n) is 6.76. The molecule has 2 amide bonds. The average Bonchev–Trinajstić information content (AvgIpc) is 2.68. The molecule has 0 heterocycles. The number of ether oxygens (including phenoxy) is 1. The van der Waals surface area contributed by atoms with E-state index >= 15 is 0 Å². The second-order valence-corrected chi connectivity index (χ2v) is 6.76. The fourth-order valence-corrected chi connectivity index (χ4v) is 2.43. The molecule has 0 spiro atoms. The zero-order valence-electron chi connectivity index (χ0n) is 15.9. The molecule has 6 nitrogen and oxygen atoms in total. The van der Waals surface area contributed by atoms with Crippen LogP contribution in [0.3, 0.4) is 0 Å². The van der Waals surface area contributed by atoms with Gasteiger partial charge in [-0.25, -0.2) is 4.79 Å². The van der Waals surface area contributed by atoms with E-state index in [0.717, 1.165) is 5.56 Å². The lowest BCUT2D eigenvalue weighted by Crippen LogP contribution is -2.45. The fraction of sp³-hybridized carbons (Fsp3) is 0.286. The smallest absolute Gasteiger partial charge is 0.337 e. The maximum absolute atomic E-state index is 12.7. The zero-order valence-corrected chi connectivity index (χ0v) is 15.9. The van der Waals surface area contributed by atoms with E-state index in [2.05, 4.69) is 15.4 Å². The highest BCUT2D eigenvalue weighted by molar-refractivity contribution is 6.10. The van der Waals surface area contributed by atoms with Crippen LogP contribution in [0, 0.1) is 5.41 Å². The van der Waals surface area contributed by atoms with Crippen molar-refractivity contribution < 1.29 is 19.1 Å². The second kappa shape index (κ2) is 8.49.